The van der Waals surface area contributed by atoms with Gasteiger partial charge < -0.3 is 19.4 Å². The molecule has 7 nitrogen and oxygen atoms in total. The number of imidazole rings is 1. The van der Waals surface area contributed by atoms with Gasteiger partial charge in [0.2, 0.25) is 0 Å². The standard InChI is InChI=1S/C25H26N4O3/c1-31-20-7-9-21(10-8-20)32-18-4-17-29-23-6-3-2-5-22(23)28-24(29)13-16-27-25(30)19-11-14-26-15-12-19/h2-3,5-12,14-15H,4,13,16-18H2,1H3,(H,27,30). The predicted octanol–water partition coefficient (Wildman–Crippen LogP) is 3.88. The zero-order valence-corrected chi connectivity index (χ0v) is 18.0. The Morgan fingerprint density at radius 3 is 2.53 bits per heavy atom. The Kier molecular flexibility index (Phi) is 6.97. The van der Waals surface area contributed by atoms with Crippen molar-refractivity contribution in [2.75, 3.05) is 20.3 Å². The molecule has 0 radical (unpaired) electrons. The summed E-state index contributed by atoms with van der Waals surface area (Å²) in [7, 11) is 1.65. The lowest BCUT2D eigenvalue weighted by Crippen LogP contribution is -2.26. The fourth-order valence-corrected chi connectivity index (χ4v) is 3.54. The SMILES string of the molecule is COc1ccc(OCCCn2c(CCNC(=O)c3ccncc3)nc3ccccc32)cc1. The smallest absolute Gasteiger partial charge is 0.251 e. The minimum atomic E-state index is -0.108. The molecular formula is C25H26N4O3. The average Bonchev–Trinajstić information content (AvgIpc) is 3.20. The van der Waals surface area contributed by atoms with Crippen LogP contribution < -0.4 is 14.8 Å². The molecule has 0 fully saturated rings. The fraction of sp³-hybridized carbons (Fsp3) is 0.240. The number of carbonyl (C=O) groups excluding carboxylic acids is 1. The molecule has 0 aliphatic carbocycles. The molecule has 2 aromatic carbocycles. The van der Waals surface area contributed by atoms with Crippen LogP contribution in [0.25, 0.3) is 11.0 Å². The van der Waals surface area contributed by atoms with Crippen molar-refractivity contribution < 1.29 is 14.3 Å². The highest BCUT2D eigenvalue weighted by Gasteiger charge is 2.11. The van der Waals surface area contributed by atoms with E-state index in [1.54, 1.807) is 31.6 Å². The first-order valence-electron chi connectivity index (χ1n) is 10.6. The summed E-state index contributed by atoms with van der Waals surface area (Å²) in [6.07, 6.45) is 4.71. The van der Waals surface area contributed by atoms with E-state index < -0.39 is 0 Å². The molecule has 1 N–H and O–H groups in total. The molecule has 32 heavy (non-hydrogen) atoms. The van der Waals surface area contributed by atoms with E-state index in [1.165, 1.54) is 0 Å². The van der Waals surface area contributed by atoms with E-state index >= 15 is 0 Å². The normalized spacial score (nSPS) is 10.8. The van der Waals surface area contributed by atoms with Gasteiger partial charge in [0.05, 0.1) is 24.8 Å². The molecule has 7 heteroatoms. The number of aryl methyl sites for hydroxylation is 1. The predicted molar refractivity (Wildman–Crippen MR) is 123 cm³/mol. The van der Waals surface area contributed by atoms with Crippen LogP contribution in [0.3, 0.4) is 0 Å². The first kappa shape index (κ1) is 21.4. The summed E-state index contributed by atoms with van der Waals surface area (Å²) in [5, 5.41) is 2.96. The highest BCUT2D eigenvalue weighted by molar-refractivity contribution is 5.93. The average molecular weight is 431 g/mol. The summed E-state index contributed by atoms with van der Waals surface area (Å²) in [6, 6.07) is 19.1. The fourth-order valence-electron chi connectivity index (χ4n) is 3.54. The molecule has 0 bridgehead atoms. The van der Waals surface area contributed by atoms with E-state index in [0.717, 1.165) is 41.3 Å². The summed E-state index contributed by atoms with van der Waals surface area (Å²) in [4.78, 5) is 21.0. The van der Waals surface area contributed by atoms with E-state index in [9.17, 15) is 4.79 Å². The molecule has 164 valence electrons. The molecule has 2 heterocycles. The zero-order valence-electron chi connectivity index (χ0n) is 18.0. The molecule has 0 atom stereocenters. The van der Waals surface area contributed by atoms with Crippen LogP contribution in [0.15, 0.2) is 73.1 Å². The van der Waals surface area contributed by atoms with Crippen molar-refractivity contribution in [2.45, 2.75) is 19.4 Å². The van der Waals surface area contributed by atoms with Gasteiger partial charge in [-0.1, -0.05) is 12.1 Å². The van der Waals surface area contributed by atoms with Gasteiger partial charge in [0, 0.05) is 37.5 Å². The van der Waals surface area contributed by atoms with Gasteiger partial charge in [-0.15, -0.1) is 0 Å². The minimum absolute atomic E-state index is 0.108. The van der Waals surface area contributed by atoms with Gasteiger partial charge in [0.1, 0.15) is 17.3 Å². The molecule has 0 saturated carbocycles. The van der Waals surface area contributed by atoms with Crippen LogP contribution >= 0.6 is 0 Å². The van der Waals surface area contributed by atoms with Crippen molar-refractivity contribution in [3.05, 3.63) is 84.4 Å². The van der Waals surface area contributed by atoms with Crippen molar-refractivity contribution >= 4 is 16.9 Å². The number of carbonyl (C=O) groups is 1. The highest BCUT2D eigenvalue weighted by atomic mass is 16.5. The second-order valence-corrected chi connectivity index (χ2v) is 7.29. The quantitative estimate of drug-likeness (QED) is 0.386. The van der Waals surface area contributed by atoms with Gasteiger partial charge in [0.15, 0.2) is 0 Å². The summed E-state index contributed by atoms with van der Waals surface area (Å²) >= 11 is 0. The third-order valence-corrected chi connectivity index (χ3v) is 5.16. The van der Waals surface area contributed by atoms with Gasteiger partial charge >= 0.3 is 0 Å². The Hall–Kier alpha value is -3.87. The Labute approximate surface area is 187 Å². The van der Waals surface area contributed by atoms with Gasteiger partial charge in [-0.3, -0.25) is 9.78 Å². The van der Waals surface area contributed by atoms with Crippen LogP contribution in [0.2, 0.25) is 0 Å². The Bertz CT molecular complexity index is 1160. The van der Waals surface area contributed by atoms with Crippen LogP contribution in [0.4, 0.5) is 0 Å². The molecular weight excluding hydrogens is 404 g/mol. The largest absolute Gasteiger partial charge is 0.497 e. The van der Waals surface area contributed by atoms with E-state index in [-0.39, 0.29) is 5.91 Å². The van der Waals surface area contributed by atoms with Gasteiger partial charge in [-0.2, -0.15) is 0 Å². The lowest BCUT2D eigenvalue weighted by atomic mass is 10.2. The molecule has 0 aliphatic rings. The number of pyridine rings is 1. The van der Waals surface area contributed by atoms with Crippen LogP contribution in [0, 0.1) is 0 Å². The number of fused-ring (bicyclic) bond motifs is 1. The van der Waals surface area contributed by atoms with Crippen LogP contribution in [0.5, 0.6) is 11.5 Å². The third kappa shape index (κ3) is 5.24. The second-order valence-electron chi connectivity index (χ2n) is 7.29. The van der Waals surface area contributed by atoms with Crippen molar-refractivity contribution in [2.24, 2.45) is 0 Å². The maximum Gasteiger partial charge on any atom is 0.251 e. The summed E-state index contributed by atoms with van der Waals surface area (Å²) in [5.74, 6) is 2.47. The van der Waals surface area contributed by atoms with Crippen LogP contribution in [0.1, 0.15) is 22.6 Å². The Morgan fingerprint density at radius 2 is 1.75 bits per heavy atom. The topological polar surface area (TPSA) is 78.3 Å². The van der Waals surface area contributed by atoms with Crippen molar-refractivity contribution in [1.82, 2.24) is 19.9 Å². The number of nitrogens with zero attached hydrogens (tertiary/aromatic N) is 3. The number of nitrogens with one attached hydrogen (secondary N) is 1. The van der Waals surface area contributed by atoms with Crippen molar-refractivity contribution in [3.8, 4) is 11.5 Å². The molecule has 0 spiro atoms. The van der Waals surface area contributed by atoms with Gasteiger partial charge in [-0.25, -0.2) is 4.98 Å². The number of amides is 1. The highest BCUT2D eigenvalue weighted by Crippen LogP contribution is 2.19. The molecule has 4 aromatic rings. The minimum Gasteiger partial charge on any atom is -0.497 e. The van der Waals surface area contributed by atoms with Gasteiger partial charge in [-0.05, 0) is 55.0 Å². The molecule has 2 aromatic heterocycles. The van der Waals surface area contributed by atoms with E-state index in [0.29, 0.717) is 25.1 Å². The van der Waals surface area contributed by atoms with E-state index in [2.05, 4.69) is 20.9 Å². The molecule has 1 amide bonds. The molecule has 4 rings (SSSR count). The maximum absolute atomic E-state index is 12.3. The first-order valence-corrected chi connectivity index (χ1v) is 10.6. The lowest BCUT2D eigenvalue weighted by molar-refractivity contribution is 0.0954. The first-order chi connectivity index (χ1) is 15.7. The lowest BCUT2D eigenvalue weighted by Gasteiger charge is -2.11. The van der Waals surface area contributed by atoms with Crippen molar-refractivity contribution in [3.63, 3.8) is 0 Å². The molecule has 0 saturated heterocycles. The van der Waals surface area contributed by atoms with Crippen LogP contribution in [-0.4, -0.2) is 40.7 Å². The molecule has 0 unspecified atom stereocenters. The summed E-state index contributed by atoms with van der Waals surface area (Å²) < 4.78 is 13.3. The Balaban J connectivity index is 1.36. The number of methoxy groups -OCH3 is 1. The van der Waals surface area contributed by atoms with E-state index in [4.69, 9.17) is 14.5 Å². The number of hydrogen-bond donors (Lipinski definition) is 1. The van der Waals surface area contributed by atoms with Crippen molar-refractivity contribution in [1.29, 1.82) is 0 Å². The third-order valence-electron chi connectivity index (χ3n) is 5.16. The maximum atomic E-state index is 12.3. The monoisotopic (exact) mass is 430 g/mol. The summed E-state index contributed by atoms with van der Waals surface area (Å²) in [5.41, 5.74) is 2.65. The Morgan fingerprint density at radius 1 is 1.00 bits per heavy atom. The number of para-hydroxylation sites is 2. The number of rotatable bonds is 10. The number of benzene rings is 2. The van der Waals surface area contributed by atoms with Crippen LogP contribution in [-0.2, 0) is 13.0 Å². The molecule has 0 aliphatic heterocycles. The number of hydrogen-bond acceptors (Lipinski definition) is 5. The van der Waals surface area contributed by atoms with E-state index in [1.807, 2.05) is 42.5 Å². The number of ether oxygens (including phenoxy) is 2. The number of aromatic nitrogens is 3. The second kappa shape index (κ2) is 10.4. The summed E-state index contributed by atoms with van der Waals surface area (Å²) in [6.45, 7) is 1.88. The van der Waals surface area contributed by atoms with Gasteiger partial charge in [0.25, 0.3) is 5.91 Å². The zero-order chi connectivity index (χ0) is 22.2.